The number of aliphatic hydroxyl groups is 2. The highest BCUT2D eigenvalue weighted by atomic mass is 16.5. The van der Waals surface area contributed by atoms with E-state index in [1.165, 1.54) is 39.2 Å². The Hall–Kier alpha value is -0.610. The molecular weight excluding hydrogens is 400 g/mol. The molecule has 0 saturated heterocycles. The summed E-state index contributed by atoms with van der Waals surface area (Å²) < 4.78 is 4.89. The molecule has 4 saturated carbocycles. The Kier molecular flexibility index (Phi) is 7.05. The van der Waals surface area contributed by atoms with Gasteiger partial charge in [-0.05, 0) is 110 Å². The summed E-state index contributed by atoms with van der Waals surface area (Å²) >= 11 is 0. The Morgan fingerprint density at radius 1 is 1.06 bits per heavy atom. The number of fused-ring (bicyclic) bond motifs is 5. The lowest BCUT2D eigenvalue weighted by molar-refractivity contribution is -0.200. The molecule has 1 unspecified atom stereocenters. The zero-order valence-electron chi connectivity index (χ0n) is 21.2. The molecule has 4 fully saturated rings. The SMILES string of the molecule is CC[C@H]1[C@@H](O)[C@@H]2[C@H](CC[C@]3(C)[C@@H]([C@H](C)CCC(=O)OC)CC[C@@H]23)[C@@]2(C)CCC(CO)C[C@@H]12. The third kappa shape index (κ3) is 3.76. The average molecular weight is 449 g/mol. The summed E-state index contributed by atoms with van der Waals surface area (Å²) in [5, 5.41) is 21.7. The summed E-state index contributed by atoms with van der Waals surface area (Å²) in [7, 11) is 1.48. The summed E-state index contributed by atoms with van der Waals surface area (Å²) in [4.78, 5) is 11.7. The van der Waals surface area contributed by atoms with Crippen LogP contribution in [0.4, 0.5) is 0 Å². The molecule has 0 amide bonds. The molecule has 0 aromatic heterocycles. The second-order valence-corrected chi connectivity index (χ2v) is 12.6. The van der Waals surface area contributed by atoms with E-state index in [0.717, 1.165) is 25.7 Å². The number of carbonyl (C=O) groups is 1. The van der Waals surface area contributed by atoms with Crippen LogP contribution in [0, 0.1) is 58.2 Å². The van der Waals surface area contributed by atoms with Crippen molar-refractivity contribution in [1.82, 2.24) is 0 Å². The monoisotopic (exact) mass is 448 g/mol. The first kappa shape index (κ1) is 24.5. The number of methoxy groups -OCH3 is 1. The predicted octanol–water partition coefficient (Wildman–Crippen LogP) is 5.45. The van der Waals surface area contributed by atoms with Crippen molar-refractivity contribution in [3.05, 3.63) is 0 Å². The molecule has 184 valence electrons. The van der Waals surface area contributed by atoms with Crippen LogP contribution in [-0.4, -0.2) is 36.0 Å². The molecule has 4 aliphatic rings. The second-order valence-electron chi connectivity index (χ2n) is 12.6. The highest BCUT2D eigenvalue weighted by Crippen LogP contribution is 2.69. The zero-order valence-corrected chi connectivity index (χ0v) is 21.2. The molecule has 0 aromatic carbocycles. The number of esters is 1. The standard InChI is InChI=1S/C28H48O4/c1-6-19-23-15-18(16-29)11-13-28(23,4)22-12-14-27(3)20(17(2)7-10-24(30)32-5)8-9-21(27)25(22)26(19)31/h17-23,25-26,29,31H,6-16H2,1-5H3/t17-,18?,19-,20-,21+,22+,23+,25+,26-,27-,28-/m1/s1. The number of rotatable bonds is 6. The number of ether oxygens (including phenoxy) is 1. The topological polar surface area (TPSA) is 66.8 Å². The number of hydrogen-bond acceptors (Lipinski definition) is 4. The summed E-state index contributed by atoms with van der Waals surface area (Å²) in [5.74, 6) is 4.05. The molecule has 0 bridgehead atoms. The summed E-state index contributed by atoms with van der Waals surface area (Å²) in [6, 6.07) is 0. The van der Waals surface area contributed by atoms with Gasteiger partial charge in [0.2, 0.25) is 0 Å². The minimum absolute atomic E-state index is 0.0915. The molecule has 4 aliphatic carbocycles. The first-order valence-corrected chi connectivity index (χ1v) is 13.6. The largest absolute Gasteiger partial charge is 0.469 e. The van der Waals surface area contributed by atoms with Gasteiger partial charge in [-0.3, -0.25) is 4.79 Å². The van der Waals surface area contributed by atoms with Crippen LogP contribution in [-0.2, 0) is 9.53 Å². The van der Waals surface area contributed by atoms with Gasteiger partial charge in [0.05, 0.1) is 13.2 Å². The van der Waals surface area contributed by atoms with E-state index < -0.39 is 0 Å². The lowest BCUT2D eigenvalue weighted by Gasteiger charge is -2.65. The van der Waals surface area contributed by atoms with E-state index in [4.69, 9.17) is 4.74 Å². The van der Waals surface area contributed by atoms with Gasteiger partial charge in [-0.25, -0.2) is 0 Å². The van der Waals surface area contributed by atoms with Crippen molar-refractivity contribution in [2.45, 2.75) is 98.0 Å². The van der Waals surface area contributed by atoms with Gasteiger partial charge in [-0.1, -0.05) is 34.1 Å². The Balaban J connectivity index is 1.58. The van der Waals surface area contributed by atoms with Crippen molar-refractivity contribution < 1.29 is 19.7 Å². The van der Waals surface area contributed by atoms with E-state index in [2.05, 4.69) is 27.7 Å². The summed E-state index contributed by atoms with van der Waals surface area (Å²) in [6.45, 7) is 9.98. The maximum absolute atomic E-state index is 11.8. The van der Waals surface area contributed by atoms with Gasteiger partial charge in [0.15, 0.2) is 0 Å². The first-order chi connectivity index (χ1) is 15.2. The van der Waals surface area contributed by atoms with Gasteiger partial charge in [0.25, 0.3) is 0 Å². The Bertz CT molecular complexity index is 678. The predicted molar refractivity (Wildman–Crippen MR) is 127 cm³/mol. The second kappa shape index (κ2) is 9.21. The van der Waals surface area contributed by atoms with Crippen LogP contribution >= 0.6 is 0 Å². The quantitative estimate of drug-likeness (QED) is 0.530. The van der Waals surface area contributed by atoms with Gasteiger partial charge < -0.3 is 14.9 Å². The average Bonchev–Trinajstić information content (AvgIpc) is 3.14. The van der Waals surface area contributed by atoms with E-state index in [1.54, 1.807) is 0 Å². The Labute approximate surface area is 195 Å². The van der Waals surface area contributed by atoms with Crippen LogP contribution in [0.2, 0.25) is 0 Å². The highest BCUT2D eigenvalue weighted by Gasteiger charge is 2.64. The van der Waals surface area contributed by atoms with Crippen molar-refractivity contribution in [2.75, 3.05) is 13.7 Å². The van der Waals surface area contributed by atoms with Crippen LogP contribution in [0.5, 0.6) is 0 Å². The van der Waals surface area contributed by atoms with Gasteiger partial charge in [-0.15, -0.1) is 0 Å². The normalized spacial score (nSPS) is 49.0. The maximum Gasteiger partial charge on any atom is 0.305 e. The van der Waals surface area contributed by atoms with Gasteiger partial charge in [-0.2, -0.15) is 0 Å². The fraction of sp³-hybridized carbons (Fsp3) is 0.964. The molecule has 0 heterocycles. The van der Waals surface area contributed by atoms with Crippen molar-refractivity contribution in [2.24, 2.45) is 58.2 Å². The van der Waals surface area contributed by atoms with Crippen molar-refractivity contribution in [1.29, 1.82) is 0 Å². The van der Waals surface area contributed by atoms with Gasteiger partial charge in [0.1, 0.15) is 0 Å². The van der Waals surface area contributed by atoms with Gasteiger partial charge in [0, 0.05) is 13.0 Å². The number of carbonyl (C=O) groups excluding carboxylic acids is 1. The first-order valence-electron chi connectivity index (χ1n) is 13.6. The fourth-order valence-electron chi connectivity index (χ4n) is 9.85. The number of aliphatic hydroxyl groups excluding tert-OH is 2. The zero-order chi connectivity index (χ0) is 23.3. The third-order valence-electron chi connectivity index (χ3n) is 11.6. The lowest BCUT2D eigenvalue weighted by Crippen LogP contribution is -2.62. The molecule has 0 spiro atoms. The minimum atomic E-state index is -0.200. The van der Waals surface area contributed by atoms with Crippen LogP contribution in [0.1, 0.15) is 91.9 Å². The Morgan fingerprint density at radius 2 is 1.75 bits per heavy atom. The smallest absolute Gasteiger partial charge is 0.305 e. The van der Waals surface area contributed by atoms with Gasteiger partial charge >= 0.3 is 5.97 Å². The molecule has 11 atom stereocenters. The molecule has 0 aliphatic heterocycles. The highest BCUT2D eigenvalue weighted by molar-refractivity contribution is 5.69. The van der Waals surface area contributed by atoms with E-state index in [1.807, 2.05) is 0 Å². The molecular formula is C28H48O4. The van der Waals surface area contributed by atoms with Crippen LogP contribution in [0.3, 0.4) is 0 Å². The minimum Gasteiger partial charge on any atom is -0.469 e. The molecule has 4 heteroatoms. The van der Waals surface area contributed by atoms with E-state index in [0.29, 0.717) is 65.8 Å². The fourth-order valence-corrected chi connectivity index (χ4v) is 9.85. The molecule has 2 N–H and O–H groups in total. The lowest BCUT2D eigenvalue weighted by atomic mass is 9.41. The maximum atomic E-state index is 11.8. The van der Waals surface area contributed by atoms with E-state index >= 15 is 0 Å². The number of hydrogen-bond donors (Lipinski definition) is 2. The van der Waals surface area contributed by atoms with Crippen molar-refractivity contribution >= 4 is 5.97 Å². The molecule has 0 radical (unpaired) electrons. The van der Waals surface area contributed by atoms with Crippen LogP contribution < -0.4 is 0 Å². The Morgan fingerprint density at radius 3 is 2.41 bits per heavy atom. The molecule has 4 nitrogen and oxygen atoms in total. The van der Waals surface area contributed by atoms with E-state index in [-0.39, 0.29) is 17.5 Å². The van der Waals surface area contributed by atoms with Crippen LogP contribution in [0.15, 0.2) is 0 Å². The van der Waals surface area contributed by atoms with Crippen LogP contribution in [0.25, 0.3) is 0 Å². The molecule has 32 heavy (non-hydrogen) atoms. The van der Waals surface area contributed by atoms with E-state index in [9.17, 15) is 15.0 Å². The molecule has 0 aromatic rings. The van der Waals surface area contributed by atoms with Crippen molar-refractivity contribution in [3.63, 3.8) is 0 Å². The molecule has 4 rings (SSSR count). The summed E-state index contributed by atoms with van der Waals surface area (Å²) in [6.07, 6.45) is 10.7. The van der Waals surface area contributed by atoms with Crippen molar-refractivity contribution in [3.8, 4) is 0 Å². The summed E-state index contributed by atoms with van der Waals surface area (Å²) in [5.41, 5.74) is 0.591. The third-order valence-corrected chi connectivity index (χ3v) is 11.6.